The summed E-state index contributed by atoms with van der Waals surface area (Å²) in [7, 11) is -3.71. The third-order valence-electron chi connectivity index (χ3n) is 4.16. The molecular weight excluding hydrogens is 453 g/mol. The molecule has 0 fully saturated rings. The summed E-state index contributed by atoms with van der Waals surface area (Å²) in [4.78, 5) is 28.3. The fraction of sp³-hybridized carbons (Fsp3) is 0.211. The van der Waals surface area contributed by atoms with E-state index in [1.807, 2.05) is 0 Å². The predicted octanol–water partition coefficient (Wildman–Crippen LogP) is 2.28. The number of aliphatic imine (C=N–C) groups is 1. The van der Waals surface area contributed by atoms with E-state index >= 15 is 0 Å². The fourth-order valence-corrected chi connectivity index (χ4v) is 4.36. The third-order valence-corrected chi connectivity index (χ3v) is 6.15. The molecule has 1 aliphatic rings. The average molecular weight is 470 g/mol. The summed E-state index contributed by atoms with van der Waals surface area (Å²) in [5.41, 5.74) is 1.03. The van der Waals surface area contributed by atoms with Crippen molar-refractivity contribution >= 4 is 50.9 Å². The van der Waals surface area contributed by atoms with E-state index in [1.54, 1.807) is 36.4 Å². The first-order chi connectivity index (χ1) is 14.2. The van der Waals surface area contributed by atoms with Gasteiger partial charge in [-0.25, -0.2) is 13.2 Å². The molecule has 2 N–H and O–H groups in total. The van der Waals surface area contributed by atoms with Crippen LogP contribution in [0.3, 0.4) is 0 Å². The van der Waals surface area contributed by atoms with Crippen molar-refractivity contribution in [1.29, 1.82) is 0 Å². The van der Waals surface area contributed by atoms with Gasteiger partial charge in [-0.3, -0.25) is 14.5 Å². The topological polar surface area (TPSA) is 114 Å². The van der Waals surface area contributed by atoms with Crippen molar-refractivity contribution in [3.8, 4) is 0 Å². The van der Waals surface area contributed by atoms with Gasteiger partial charge in [-0.05, 0) is 36.8 Å². The van der Waals surface area contributed by atoms with E-state index < -0.39 is 34.5 Å². The summed E-state index contributed by atoms with van der Waals surface area (Å²) in [6, 6.07) is 10.1. The zero-order chi connectivity index (χ0) is 21.9. The minimum atomic E-state index is -3.71. The summed E-state index contributed by atoms with van der Waals surface area (Å²) < 4.78 is 31.4. The first-order valence-corrected chi connectivity index (χ1v) is 11.0. The Morgan fingerprint density at radius 3 is 2.67 bits per heavy atom. The molecule has 8 nitrogen and oxygen atoms in total. The molecular formula is C19H17Cl2N3O5S. The van der Waals surface area contributed by atoms with Crippen LogP contribution in [-0.4, -0.2) is 38.8 Å². The fourth-order valence-electron chi connectivity index (χ4n) is 2.64. The Morgan fingerprint density at radius 1 is 1.20 bits per heavy atom. The maximum Gasteiger partial charge on any atom is 0.331 e. The average Bonchev–Trinajstić information content (AvgIpc) is 2.95. The van der Waals surface area contributed by atoms with Crippen molar-refractivity contribution in [2.75, 3.05) is 6.61 Å². The quantitative estimate of drug-likeness (QED) is 0.629. The summed E-state index contributed by atoms with van der Waals surface area (Å²) in [6.45, 7) is 1.07. The minimum Gasteiger partial charge on any atom is -0.454 e. The van der Waals surface area contributed by atoms with Crippen molar-refractivity contribution < 1.29 is 22.7 Å². The van der Waals surface area contributed by atoms with Crippen molar-refractivity contribution in [2.24, 2.45) is 4.99 Å². The normalized spacial score (nSPS) is 16.4. The van der Waals surface area contributed by atoms with Crippen LogP contribution < -0.4 is 10.0 Å². The van der Waals surface area contributed by atoms with Crippen LogP contribution in [0.5, 0.6) is 0 Å². The lowest BCUT2D eigenvalue weighted by atomic mass is 10.2. The largest absolute Gasteiger partial charge is 0.454 e. The Bertz CT molecular complexity index is 1130. The highest BCUT2D eigenvalue weighted by Crippen LogP contribution is 2.23. The number of halogens is 2. The number of carbonyl (C=O) groups is 2. The van der Waals surface area contributed by atoms with Crippen molar-refractivity contribution in [2.45, 2.75) is 24.4 Å². The number of hydrogen-bond acceptors (Lipinski definition) is 6. The smallest absolute Gasteiger partial charge is 0.331 e. The number of benzene rings is 2. The molecule has 0 radical (unpaired) electrons. The van der Waals surface area contributed by atoms with Crippen molar-refractivity contribution in [1.82, 2.24) is 10.0 Å². The molecule has 0 aromatic heterocycles. The summed E-state index contributed by atoms with van der Waals surface area (Å²) in [5.74, 6) is -1.25. The lowest BCUT2D eigenvalue weighted by molar-refractivity contribution is -0.149. The van der Waals surface area contributed by atoms with Crippen LogP contribution in [0.25, 0.3) is 0 Å². The Labute approximate surface area is 183 Å². The Hall–Kier alpha value is -2.62. The predicted molar refractivity (Wildman–Crippen MR) is 112 cm³/mol. The third kappa shape index (κ3) is 5.10. The van der Waals surface area contributed by atoms with Gasteiger partial charge in [0.05, 0.1) is 4.90 Å². The number of rotatable bonds is 6. The van der Waals surface area contributed by atoms with E-state index in [9.17, 15) is 18.0 Å². The molecule has 2 aromatic carbocycles. The van der Waals surface area contributed by atoms with Crippen LogP contribution in [-0.2, 0) is 30.9 Å². The van der Waals surface area contributed by atoms with Gasteiger partial charge < -0.3 is 10.1 Å². The van der Waals surface area contributed by atoms with Crippen molar-refractivity contribution in [3.05, 3.63) is 63.6 Å². The van der Waals surface area contributed by atoms with Crippen LogP contribution in [0.1, 0.15) is 18.1 Å². The molecule has 0 spiro atoms. The zero-order valence-corrected chi connectivity index (χ0v) is 18.0. The van der Waals surface area contributed by atoms with Crippen LogP contribution >= 0.6 is 23.2 Å². The number of nitrogens with one attached hydrogen (secondary N) is 2. The van der Waals surface area contributed by atoms with Gasteiger partial charge in [-0.2, -0.15) is 0 Å². The second-order valence-corrected chi connectivity index (χ2v) is 8.87. The van der Waals surface area contributed by atoms with Gasteiger partial charge in [-0.15, -0.1) is 0 Å². The molecule has 1 atom stereocenters. The Kier molecular flexibility index (Phi) is 6.64. The van der Waals surface area contributed by atoms with E-state index in [0.29, 0.717) is 21.2 Å². The second kappa shape index (κ2) is 9.03. The van der Waals surface area contributed by atoms with E-state index in [-0.39, 0.29) is 17.3 Å². The minimum absolute atomic E-state index is 0.0527. The summed E-state index contributed by atoms with van der Waals surface area (Å²) in [5, 5.41) is 3.46. The molecule has 1 amide bonds. The second-order valence-electron chi connectivity index (χ2n) is 6.38. The molecule has 158 valence electrons. The number of ether oxygens (including phenoxy) is 1. The van der Waals surface area contributed by atoms with E-state index in [0.717, 1.165) is 0 Å². The number of sulfonamides is 1. The lowest BCUT2D eigenvalue weighted by Crippen LogP contribution is -2.31. The number of carbonyl (C=O) groups excluding carboxylic acids is 2. The lowest BCUT2D eigenvalue weighted by Gasteiger charge is -2.10. The maximum atomic E-state index is 12.2. The highest BCUT2D eigenvalue weighted by Gasteiger charge is 2.31. The molecule has 0 saturated carbocycles. The van der Waals surface area contributed by atoms with Crippen LogP contribution in [0, 0.1) is 0 Å². The number of fused-ring (bicyclic) bond motifs is 1. The van der Waals surface area contributed by atoms with Gasteiger partial charge in [-0.1, -0.05) is 41.4 Å². The van der Waals surface area contributed by atoms with E-state index in [2.05, 4.69) is 15.0 Å². The SMILES string of the molecule is C[C@@H](N=C1NS(=O)(=O)c2ccccc21)C(=O)OCC(=O)NCc1ccc(Cl)cc1Cl. The van der Waals surface area contributed by atoms with E-state index in [4.69, 9.17) is 27.9 Å². The van der Waals surface area contributed by atoms with Gasteiger partial charge in [0.15, 0.2) is 6.61 Å². The number of amides is 1. The summed E-state index contributed by atoms with van der Waals surface area (Å²) >= 11 is 11.9. The Balaban J connectivity index is 1.55. The molecule has 11 heteroatoms. The monoisotopic (exact) mass is 469 g/mol. The van der Waals surface area contributed by atoms with Gasteiger partial charge in [0.2, 0.25) is 0 Å². The van der Waals surface area contributed by atoms with Crippen LogP contribution in [0.2, 0.25) is 10.0 Å². The van der Waals surface area contributed by atoms with Gasteiger partial charge in [0.1, 0.15) is 11.9 Å². The number of nitrogens with zero attached hydrogens (tertiary/aromatic N) is 1. The number of esters is 1. The van der Waals surface area contributed by atoms with Gasteiger partial charge in [0.25, 0.3) is 15.9 Å². The number of hydrogen-bond donors (Lipinski definition) is 2. The first-order valence-electron chi connectivity index (χ1n) is 8.74. The number of amidine groups is 1. The van der Waals surface area contributed by atoms with Crippen LogP contribution in [0.4, 0.5) is 0 Å². The molecule has 0 saturated heterocycles. The molecule has 0 aliphatic carbocycles. The van der Waals surface area contributed by atoms with Crippen LogP contribution in [0.15, 0.2) is 52.4 Å². The van der Waals surface area contributed by atoms with E-state index in [1.165, 1.54) is 13.0 Å². The van der Waals surface area contributed by atoms with Gasteiger partial charge in [0, 0.05) is 22.2 Å². The van der Waals surface area contributed by atoms with Crippen molar-refractivity contribution in [3.63, 3.8) is 0 Å². The Morgan fingerprint density at radius 2 is 1.93 bits per heavy atom. The molecule has 2 aromatic rings. The molecule has 0 unspecified atom stereocenters. The molecule has 3 rings (SSSR count). The first kappa shape index (κ1) is 22.1. The molecule has 0 bridgehead atoms. The van der Waals surface area contributed by atoms with Gasteiger partial charge >= 0.3 is 5.97 Å². The molecule has 30 heavy (non-hydrogen) atoms. The molecule has 1 aliphatic heterocycles. The molecule has 1 heterocycles. The zero-order valence-electron chi connectivity index (χ0n) is 15.7. The standard InChI is InChI=1S/C19H17Cl2N3O5S/c1-11(23-18-14-4-2-3-5-16(14)30(27,28)24-18)19(26)29-10-17(25)22-9-12-6-7-13(20)8-15(12)21/h2-8,11H,9-10H2,1H3,(H,22,25)(H,23,24)/t11-/m1/s1. The highest BCUT2D eigenvalue weighted by atomic mass is 35.5. The highest BCUT2D eigenvalue weighted by molar-refractivity contribution is 7.90. The summed E-state index contributed by atoms with van der Waals surface area (Å²) in [6.07, 6.45) is 0. The maximum absolute atomic E-state index is 12.2.